The lowest BCUT2D eigenvalue weighted by atomic mass is 10.1. The van der Waals surface area contributed by atoms with Crippen LogP contribution in [0.15, 0.2) is 24.4 Å². The SMILES string of the molecule is Cc1ccc(-n2cc(C(=O)NCC3CCCO3)nn2)cc1C. The third-order valence-corrected chi connectivity index (χ3v) is 4.00. The Kier molecular flexibility index (Phi) is 4.20. The normalized spacial score (nSPS) is 17.6. The summed E-state index contributed by atoms with van der Waals surface area (Å²) in [5.74, 6) is -0.217. The van der Waals surface area contributed by atoms with E-state index in [0.717, 1.165) is 25.1 Å². The van der Waals surface area contributed by atoms with Crippen molar-refractivity contribution in [2.45, 2.75) is 32.8 Å². The molecule has 1 aliphatic rings. The number of aromatic nitrogens is 3. The Balaban J connectivity index is 1.67. The zero-order chi connectivity index (χ0) is 15.5. The van der Waals surface area contributed by atoms with Gasteiger partial charge in [0.25, 0.3) is 5.91 Å². The van der Waals surface area contributed by atoms with Crippen molar-refractivity contribution in [3.05, 3.63) is 41.2 Å². The van der Waals surface area contributed by atoms with Gasteiger partial charge in [0.2, 0.25) is 0 Å². The fourth-order valence-electron chi connectivity index (χ4n) is 2.46. The quantitative estimate of drug-likeness (QED) is 0.934. The van der Waals surface area contributed by atoms with Crippen LogP contribution in [-0.4, -0.2) is 40.2 Å². The number of ether oxygens (including phenoxy) is 1. The summed E-state index contributed by atoms with van der Waals surface area (Å²) in [7, 11) is 0. The topological polar surface area (TPSA) is 69.0 Å². The van der Waals surface area contributed by atoms with E-state index in [1.54, 1.807) is 10.9 Å². The molecule has 0 bridgehead atoms. The molecule has 0 aliphatic carbocycles. The standard InChI is InChI=1S/C16H20N4O2/c1-11-5-6-13(8-12(11)2)20-10-15(18-19-20)16(21)17-9-14-4-3-7-22-14/h5-6,8,10,14H,3-4,7,9H2,1-2H3,(H,17,21). The third kappa shape index (κ3) is 3.17. The Bertz CT molecular complexity index is 675. The summed E-state index contributed by atoms with van der Waals surface area (Å²) >= 11 is 0. The first kappa shape index (κ1) is 14.7. The maximum Gasteiger partial charge on any atom is 0.273 e. The first-order chi connectivity index (χ1) is 10.6. The maximum absolute atomic E-state index is 12.1. The molecule has 1 atom stereocenters. The van der Waals surface area contributed by atoms with Gasteiger partial charge in [-0.05, 0) is 49.9 Å². The lowest BCUT2D eigenvalue weighted by Gasteiger charge is -2.09. The van der Waals surface area contributed by atoms with E-state index in [-0.39, 0.29) is 12.0 Å². The molecular formula is C16H20N4O2. The largest absolute Gasteiger partial charge is 0.376 e. The van der Waals surface area contributed by atoms with Gasteiger partial charge in [-0.3, -0.25) is 4.79 Å². The number of rotatable bonds is 4. The molecule has 116 valence electrons. The molecule has 1 N–H and O–H groups in total. The molecule has 2 aromatic rings. The molecule has 6 nitrogen and oxygen atoms in total. The molecule has 1 aromatic heterocycles. The molecule has 0 spiro atoms. The van der Waals surface area contributed by atoms with Crippen molar-refractivity contribution < 1.29 is 9.53 Å². The number of nitrogens with one attached hydrogen (secondary N) is 1. The molecule has 0 radical (unpaired) electrons. The third-order valence-electron chi connectivity index (χ3n) is 4.00. The average molecular weight is 300 g/mol. The van der Waals surface area contributed by atoms with Crippen molar-refractivity contribution in [3.8, 4) is 5.69 Å². The fourth-order valence-corrected chi connectivity index (χ4v) is 2.46. The number of hydrogen-bond acceptors (Lipinski definition) is 4. The van der Waals surface area contributed by atoms with Gasteiger partial charge in [0.1, 0.15) is 0 Å². The Hall–Kier alpha value is -2.21. The Labute approximate surface area is 129 Å². The Morgan fingerprint density at radius 3 is 3.00 bits per heavy atom. The first-order valence-electron chi connectivity index (χ1n) is 7.53. The van der Waals surface area contributed by atoms with Gasteiger partial charge in [0.05, 0.1) is 18.0 Å². The Morgan fingerprint density at radius 1 is 1.41 bits per heavy atom. The smallest absolute Gasteiger partial charge is 0.273 e. The van der Waals surface area contributed by atoms with Gasteiger partial charge in [0.15, 0.2) is 5.69 Å². The predicted octanol–water partition coefficient (Wildman–Crippen LogP) is 1.79. The summed E-state index contributed by atoms with van der Waals surface area (Å²) in [6.45, 7) is 5.41. The van der Waals surface area contributed by atoms with Crippen molar-refractivity contribution in [3.63, 3.8) is 0 Å². The fraction of sp³-hybridized carbons (Fsp3) is 0.438. The van der Waals surface area contributed by atoms with Crippen LogP contribution in [0, 0.1) is 13.8 Å². The number of nitrogens with zero attached hydrogens (tertiary/aromatic N) is 3. The summed E-state index contributed by atoms with van der Waals surface area (Å²) in [5.41, 5.74) is 3.61. The van der Waals surface area contributed by atoms with Gasteiger partial charge in [-0.15, -0.1) is 5.10 Å². The number of amides is 1. The second kappa shape index (κ2) is 6.27. The number of carbonyl (C=O) groups is 1. The second-order valence-corrected chi connectivity index (χ2v) is 5.66. The number of hydrogen-bond donors (Lipinski definition) is 1. The number of aryl methyl sites for hydroxylation is 2. The molecule has 0 saturated carbocycles. The molecule has 6 heteroatoms. The number of carbonyl (C=O) groups excluding carboxylic acids is 1. The van der Waals surface area contributed by atoms with Crippen LogP contribution < -0.4 is 5.32 Å². The molecule has 1 fully saturated rings. The van der Waals surface area contributed by atoms with Crippen molar-refractivity contribution in [1.29, 1.82) is 0 Å². The molecule has 1 aromatic carbocycles. The zero-order valence-electron chi connectivity index (χ0n) is 12.9. The molecular weight excluding hydrogens is 280 g/mol. The summed E-state index contributed by atoms with van der Waals surface area (Å²) in [5, 5.41) is 10.8. The molecule has 22 heavy (non-hydrogen) atoms. The highest BCUT2D eigenvalue weighted by Crippen LogP contribution is 2.14. The lowest BCUT2D eigenvalue weighted by Crippen LogP contribution is -2.31. The van der Waals surface area contributed by atoms with Crippen LogP contribution in [0.4, 0.5) is 0 Å². The van der Waals surface area contributed by atoms with Crippen LogP contribution in [0.3, 0.4) is 0 Å². The minimum absolute atomic E-state index is 0.124. The number of benzene rings is 1. The van der Waals surface area contributed by atoms with E-state index in [0.29, 0.717) is 12.2 Å². The van der Waals surface area contributed by atoms with Crippen LogP contribution in [0.25, 0.3) is 5.69 Å². The van der Waals surface area contributed by atoms with E-state index in [1.165, 1.54) is 11.1 Å². The summed E-state index contributed by atoms with van der Waals surface area (Å²) in [6.07, 6.45) is 3.83. The molecule has 3 rings (SSSR count). The van der Waals surface area contributed by atoms with Crippen LogP contribution in [0.1, 0.15) is 34.5 Å². The predicted molar refractivity (Wildman–Crippen MR) is 82.1 cm³/mol. The van der Waals surface area contributed by atoms with E-state index in [1.807, 2.05) is 25.1 Å². The highest BCUT2D eigenvalue weighted by Gasteiger charge is 2.18. The first-order valence-corrected chi connectivity index (χ1v) is 7.53. The van der Waals surface area contributed by atoms with Gasteiger partial charge in [-0.25, -0.2) is 4.68 Å². The summed E-state index contributed by atoms with van der Waals surface area (Å²) in [4.78, 5) is 12.1. The maximum atomic E-state index is 12.1. The van der Waals surface area contributed by atoms with E-state index >= 15 is 0 Å². The lowest BCUT2D eigenvalue weighted by molar-refractivity contribution is 0.0853. The van der Waals surface area contributed by atoms with E-state index < -0.39 is 0 Å². The molecule has 1 unspecified atom stereocenters. The Morgan fingerprint density at radius 2 is 2.27 bits per heavy atom. The van der Waals surface area contributed by atoms with Crippen LogP contribution in [0.5, 0.6) is 0 Å². The second-order valence-electron chi connectivity index (χ2n) is 5.66. The van der Waals surface area contributed by atoms with Crippen LogP contribution in [0.2, 0.25) is 0 Å². The van der Waals surface area contributed by atoms with Crippen molar-refractivity contribution in [1.82, 2.24) is 20.3 Å². The van der Waals surface area contributed by atoms with Crippen LogP contribution >= 0.6 is 0 Å². The van der Waals surface area contributed by atoms with Crippen molar-refractivity contribution >= 4 is 5.91 Å². The highest BCUT2D eigenvalue weighted by atomic mass is 16.5. The van der Waals surface area contributed by atoms with E-state index in [4.69, 9.17) is 4.74 Å². The molecule has 1 amide bonds. The summed E-state index contributed by atoms with van der Waals surface area (Å²) < 4.78 is 7.10. The van der Waals surface area contributed by atoms with E-state index in [9.17, 15) is 4.79 Å². The molecule has 1 aliphatic heterocycles. The zero-order valence-corrected chi connectivity index (χ0v) is 12.9. The highest BCUT2D eigenvalue weighted by molar-refractivity contribution is 5.91. The van der Waals surface area contributed by atoms with Crippen molar-refractivity contribution in [2.75, 3.05) is 13.2 Å². The van der Waals surface area contributed by atoms with Crippen LogP contribution in [-0.2, 0) is 4.74 Å². The van der Waals surface area contributed by atoms with Gasteiger partial charge >= 0.3 is 0 Å². The summed E-state index contributed by atoms with van der Waals surface area (Å²) in [6, 6.07) is 6.02. The van der Waals surface area contributed by atoms with Gasteiger partial charge in [0, 0.05) is 13.2 Å². The average Bonchev–Trinajstić information content (AvgIpc) is 3.18. The van der Waals surface area contributed by atoms with Gasteiger partial charge in [-0.2, -0.15) is 0 Å². The van der Waals surface area contributed by atoms with Crippen molar-refractivity contribution in [2.24, 2.45) is 0 Å². The van der Waals surface area contributed by atoms with Gasteiger partial charge in [-0.1, -0.05) is 11.3 Å². The monoisotopic (exact) mass is 300 g/mol. The van der Waals surface area contributed by atoms with Gasteiger partial charge < -0.3 is 10.1 Å². The molecule has 1 saturated heterocycles. The van der Waals surface area contributed by atoms with E-state index in [2.05, 4.69) is 22.6 Å². The minimum Gasteiger partial charge on any atom is -0.376 e. The molecule has 2 heterocycles. The minimum atomic E-state index is -0.217.